The van der Waals surface area contributed by atoms with Gasteiger partial charge >= 0.3 is 0 Å². The Labute approximate surface area is 123 Å². The molecule has 2 aromatic carbocycles. The van der Waals surface area contributed by atoms with Crippen LogP contribution in [0.25, 0.3) is 0 Å². The Morgan fingerprint density at radius 2 is 1.95 bits per heavy atom. The third-order valence-corrected chi connectivity index (χ3v) is 3.70. The van der Waals surface area contributed by atoms with Gasteiger partial charge in [-0.05, 0) is 18.6 Å². The monoisotopic (exact) mass is 293 g/mol. The normalized spacial score (nSPS) is 14.1. The van der Waals surface area contributed by atoms with E-state index in [9.17, 15) is 9.50 Å². The van der Waals surface area contributed by atoms with E-state index in [1.165, 1.54) is 12.1 Å². The van der Waals surface area contributed by atoms with Gasteiger partial charge < -0.3 is 10.8 Å². The van der Waals surface area contributed by atoms with Gasteiger partial charge in [0.25, 0.3) is 0 Å². The van der Waals surface area contributed by atoms with Gasteiger partial charge in [0.1, 0.15) is 5.82 Å². The van der Waals surface area contributed by atoms with Gasteiger partial charge in [-0.3, -0.25) is 0 Å². The predicted molar refractivity (Wildman–Crippen MR) is 79.3 cm³/mol. The lowest BCUT2D eigenvalue weighted by Gasteiger charge is -2.23. The van der Waals surface area contributed by atoms with E-state index in [-0.39, 0.29) is 23.0 Å². The van der Waals surface area contributed by atoms with Crippen LogP contribution in [0.1, 0.15) is 28.7 Å². The van der Waals surface area contributed by atoms with Crippen LogP contribution in [0.15, 0.2) is 42.5 Å². The first-order chi connectivity index (χ1) is 9.54. The Kier molecular flexibility index (Phi) is 4.76. The van der Waals surface area contributed by atoms with Crippen LogP contribution in [0.3, 0.4) is 0 Å². The molecule has 0 bridgehead atoms. The molecule has 0 amide bonds. The minimum Gasteiger partial charge on any atom is -0.388 e. The number of aliphatic hydroxyl groups excluding tert-OH is 1. The van der Waals surface area contributed by atoms with Crippen molar-refractivity contribution < 1.29 is 9.50 Å². The van der Waals surface area contributed by atoms with Crippen LogP contribution in [-0.4, -0.2) is 11.7 Å². The first kappa shape index (κ1) is 15.0. The maximum absolute atomic E-state index is 14.0. The van der Waals surface area contributed by atoms with Crippen molar-refractivity contribution in [3.8, 4) is 0 Å². The fourth-order valence-corrected chi connectivity index (χ4v) is 2.50. The van der Waals surface area contributed by atoms with Crippen LogP contribution in [0.2, 0.25) is 5.02 Å². The number of aliphatic hydroxyl groups is 1. The number of benzene rings is 2. The molecule has 0 spiro atoms. The second-order valence-corrected chi connectivity index (χ2v) is 5.25. The van der Waals surface area contributed by atoms with E-state index in [1.807, 2.05) is 31.2 Å². The SMILES string of the molecule is Cc1cccc(C(CN)C(O)c2cccc(Cl)c2F)c1. The van der Waals surface area contributed by atoms with E-state index in [4.69, 9.17) is 17.3 Å². The van der Waals surface area contributed by atoms with E-state index in [2.05, 4.69) is 0 Å². The summed E-state index contributed by atoms with van der Waals surface area (Å²) in [5.41, 5.74) is 7.90. The molecule has 2 unspecified atom stereocenters. The van der Waals surface area contributed by atoms with Gasteiger partial charge in [0.2, 0.25) is 0 Å². The molecule has 0 saturated heterocycles. The lowest BCUT2D eigenvalue weighted by atomic mass is 9.88. The average molecular weight is 294 g/mol. The van der Waals surface area contributed by atoms with E-state index >= 15 is 0 Å². The van der Waals surface area contributed by atoms with Crippen LogP contribution < -0.4 is 5.73 Å². The molecule has 0 aliphatic rings. The largest absolute Gasteiger partial charge is 0.388 e. The van der Waals surface area contributed by atoms with E-state index in [0.29, 0.717) is 0 Å². The minimum atomic E-state index is -1.03. The quantitative estimate of drug-likeness (QED) is 0.905. The van der Waals surface area contributed by atoms with Gasteiger partial charge in [-0.1, -0.05) is 53.6 Å². The van der Waals surface area contributed by atoms with E-state index in [1.54, 1.807) is 6.07 Å². The van der Waals surface area contributed by atoms with Crippen molar-refractivity contribution in [3.63, 3.8) is 0 Å². The average Bonchev–Trinajstić information content (AvgIpc) is 2.42. The first-order valence-electron chi connectivity index (χ1n) is 6.43. The highest BCUT2D eigenvalue weighted by atomic mass is 35.5. The first-order valence-corrected chi connectivity index (χ1v) is 6.81. The van der Waals surface area contributed by atoms with Gasteiger partial charge in [-0.2, -0.15) is 0 Å². The number of hydrogen-bond acceptors (Lipinski definition) is 2. The van der Waals surface area contributed by atoms with Crippen molar-refractivity contribution in [2.45, 2.75) is 18.9 Å². The molecule has 0 heterocycles. The van der Waals surface area contributed by atoms with E-state index < -0.39 is 11.9 Å². The fraction of sp³-hybridized carbons (Fsp3) is 0.250. The fourth-order valence-electron chi connectivity index (χ4n) is 2.31. The van der Waals surface area contributed by atoms with Crippen LogP contribution in [0.5, 0.6) is 0 Å². The van der Waals surface area contributed by atoms with Gasteiger partial charge in [0.05, 0.1) is 11.1 Å². The Morgan fingerprint density at radius 1 is 1.25 bits per heavy atom. The molecule has 2 aromatic rings. The Bertz CT molecular complexity index is 603. The van der Waals surface area contributed by atoms with Crippen LogP contribution in [0, 0.1) is 12.7 Å². The molecule has 0 aromatic heterocycles. The summed E-state index contributed by atoms with van der Waals surface area (Å²) in [6.07, 6.45) is -1.03. The molecule has 2 atom stereocenters. The summed E-state index contributed by atoms with van der Waals surface area (Å²) in [6, 6.07) is 12.3. The number of halogens is 2. The van der Waals surface area contributed by atoms with Gasteiger partial charge in [-0.25, -0.2) is 4.39 Å². The second-order valence-electron chi connectivity index (χ2n) is 4.84. The zero-order chi connectivity index (χ0) is 14.7. The van der Waals surface area contributed by atoms with Gasteiger partial charge in [0.15, 0.2) is 0 Å². The zero-order valence-corrected chi connectivity index (χ0v) is 11.9. The maximum atomic E-state index is 14.0. The van der Waals surface area contributed by atoms with Crippen molar-refractivity contribution in [1.82, 2.24) is 0 Å². The number of aryl methyl sites for hydroxylation is 1. The number of nitrogens with two attached hydrogens (primary N) is 1. The molecule has 106 valence electrons. The molecule has 3 N–H and O–H groups in total. The Morgan fingerprint density at radius 3 is 2.60 bits per heavy atom. The summed E-state index contributed by atoms with van der Waals surface area (Å²) in [4.78, 5) is 0. The molecular weight excluding hydrogens is 277 g/mol. The molecule has 4 heteroatoms. The molecule has 2 rings (SSSR count). The number of rotatable bonds is 4. The summed E-state index contributed by atoms with van der Waals surface area (Å²) in [6.45, 7) is 2.18. The molecule has 0 saturated carbocycles. The second kappa shape index (κ2) is 6.35. The van der Waals surface area contributed by atoms with Crippen molar-refractivity contribution in [1.29, 1.82) is 0 Å². The van der Waals surface area contributed by atoms with Crippen LogP contribution in [0.4, 0.5) is 4.39 Å². The molecule has 0 aliphatic carbocycles. The highest BCUT2D eigenvalue weighted by molar-refractivity contribution is 6.30. The molecule has 20 heavy (non-hydrogen) atoms. The zero-order valence-electron chi connectivity index (χ0n) is 11.2. The van der Waals surface area contributed by atoms with Crippen molar-refractivity contribution in [3.05, 3.63) is 70.0 Å². The summed E-state index contributed by atoms with van der Waals surface area (Å²) in [7, 11) is 0. The molecule has 0 radical (unpaired) electrons. The lowest BCUT2D eigenvalue weighted by molar-refractivity contribution is 0.143. The third kappa shape index (κ3) is 3.01. The van der Waals surface area contributed by atoms with Crippen molar-refractivity contribution >= 4 is 11.6 Å². The summed E-state index contributed by atoms with van der Waals surface area (Å²) in [5.74, 6) is -0.962. The Balaban J connectivity index is 2.39. The highest BCUT2D eigenvalue weighted by Crippen LogP contribution is 2.33. The smallest absolute Gasteiger partial charge is 0.147 e. The third-order valence-electron chi connectivity index (χ3n) is 3.41. The molecule has 0 fully saturated rings. The summed E-state index contributed by atoms with van der Waals surface area (Å²) in [5, 5.41) is 10.5. The van der Waals surface area contributed by atoms with Crippen LogP contribution in [-0.2, 0) is 0 Å². The minimum absolute atomic E-state index is 0.00145. The van der Waals surface area contributed by atoms with Crippen molar-refractivity contribution in [2.24, 2.45) is 5.73 Å². The highest BCUT2D eigenvalue weighted by Gasteiger charge is 2.25. The number of hydrogen-bond donors (Lipinski definition) is 2. The maximum Gasteiger partial charge on any atom is 0.147 e. The standard InChI is InChI=1S/C16H17ClFNO/c1-10-4-2-5-11(8-10)13(9-19)16(20)12-6-3-7-14(17)15(12)18/h2-8,13,16,20H,9,19H2,1H3. The lowest BCUT2D eigenvalue weighted by Crippen LogP contribution is -2.21. The topological polar surface area (TPSA) is 46.2 Å². The Hall–Kier alpha value is -1.42. The van der Waals surface area contributed by atoms with Crippen LogP contribution >= 0.6 is 11.6 Å². The van der Waals surface area contributed by atoms with Gasteiger partial charge in [0, 0.05) is 18.0 Å². The molecule has 2 nitrogen and oxygen atoms in total. The predicted octanol–water partition coefficient (Wildman–Crippen LogP) is 3.56. The van der Waals surface area contributed by atoms with Crippen molar-refractivity contribution in [2.75, 3.05) is 6.54 Å². The van der Waals surface area contributed by atoms with Gasteiger partial charge in [-0.15, -0.1) is 0 Å². The molecular formula is C16H17ClFNO. The molecule has 0 aliphatic heterocycles. The summed E-state index contributed by atoms with van der Waals surface area (Å²) < 4.78 is 14.0. The van der Waals surface area contributed by atoms with E-state index in [0.717, 1.165) is 11.1 Å². The summed E-state index contributed by atoms with van der Waals surface area (Å²) >= 11 is 5.76.